The molecule has 1 rings (SSSR count). The summed E-state index contributed by atoms with van der Waals surface area (Å²) in [6.07, 6.45) is 0. The monoisotopic (exact) mass is 205 g/mol. The van der Waals surface area contributed by atoms with Gasteiger partial charge in [0, 0.05) is 12.2 Å². The zero-order valence-electron chi connectivity index (χ0n) is 8.95. The van der Waals surface area contributed by atoms with Crippen LogP contribution >= 0.6 is 0 Å². The standard InChI is InChI=1S/C12H15NO2/c1-9(12(14)15)10(2)13-8-11-6-4-3-5-7-11/h3-7,13H,8H2,1-2H3,(H,14,15). The normalized spacial score (nSPS) is 11.9. The van der Waals surface area contributed by atoms with Gasteiger partial charge in [0.25, 0.3) is 0 Å². The molecule has 0 radical (unpaired) electrons. The number of carboxylic acids is 1. The minimum absolute atomic E-state index is 0.353. The molecule has 0 aromatic heterocycles. The predicted octanol–water partition coefficient (Wildman–Crippen LogP) is 2.15. The van der Waals surface area contributed by atoms with Gasteiger partial charge in [-0.05, 0) is 19.4 Å². The summed E-state index contributed by atoms with van der Waals surface area (Å²) in [5.74, 6) is -0.881. The lowest BCUT2D eigenvalue weighted by Gasteiger charge is -2.08. The third kappa shape index (κ3) is 3.46. The van der Waals surface area contributed by atoms with E-state index in [1.807, 2.05) is 30.3 Å². The first-order valence-electron chi connectivity index (χ1n) is 4.80. The third-order valence-electron chi connectivity index (χ3n) is 2.28. The molecule has 0 heterocycles. The van der Waals surface area contributed by atoms with Crippen molar-refractivity contribution in [1.29, 1.82) is 0 Å². The minimum Gasteiger partial charge on any atom is -0.478 e. The van der Waals surface area contributed by atoms with Gasteiger partial charge in [0.15, 0.2) is 0 Å². The van der Waals surface area contributed by atoms with Crippen LogP contribution in [0.15, 0.2) is 41.6 Å². The number of hydrogen-bond acceptors (Lipinski definition) is 2. The van der Waals surface area contributed by atoms with Gasteiger partial charge in [-0.2, -0.15) is 0 Å². The van der Waals surface area contributed by atoms with E-state index in [0.717, 1.165) is 5.56 Å². The second-order valence-electron chi connectivity index (χ2n) is 3.39. The molecule has 3 nitrogen and oxygen atoms in total. The molecule has 0 amide bonds. The van der Waals surface area contributed by atoms with Crippen LogP contribution in [-0.2, 0) is 11.3 Å². The van der Waals surface area contributed by atoms with Gasteiger partial charge in [-0.3, -0.25) is 0 Å². The maximum Gasteiger partial charge on any atom is 0.333 e. The smallest absolute Gasteiger partial charge is 0.333 e. The molecule has 0 bridgehead atoms. The molecule has 2 N–H and O–H groups in total. The molecule has 0 spiro atoms. The van der Waals surface area contributed by atoms with Crippen molar-refractivity contribution in [2.24, 2.45) is 0 Å². The summed E-state index contributed by atoms with van der Waals surface area (Å²) in [4.78, 5) is 10.7. The van der Waals surface area contributed by atoms with E-state index < -0.39 is 5.97 Å². The highest BCUT2D eigenvalue weighted by Crippen LogP contribution is 2.03. The van der Waals surface area contributed by atoms with Crippen molar-refractivity contribution in [3.05, 3.63) is 47.2 Å². The van der Waals surface area contributed by atoms with Gasteiger partial charge in [0.05, 0.1) is 5.57 Å². The second kappa shape index (κ2) is 5.20. The van der Waals surface area contributed by atoms with E-state index in [0.29, 0.717) is 17.8 Å². The van der Waals surface area contributed by atoms with Crippen molar-refractivity contribution >= 4 is 5.97 Å². The Kier molecular flexibility index (Phi) is 3.92. The zero-order chi connectivity index (χ0) is 11.3. The van der Waals surface area contributed by atoms with Crippen LogP contribution in [0.5, 0.6) is 0 Å². The van der Waals surface area contributed by atoms with Gasteiger partial charge in [-0.1, -0.05) is 30.3 Å². The fourth-order valence-corrected chi connectivity index (χ4v) is 1.12. The van der Waals surface area contributed by atoms with E-state index in [-0.39, 0.29) is 0 Å². The molecule has 0 saturated heterocycles. The highest BCUT2D eigenvalue weighted by Gasteiger charge is 2.04. The minimum atomic E-state index is -0.881. The van der Waals surface area contributed by atoms with Crippen LogP contribution in [0, 0.1) is 0 Å². The molecule has 0 fully saturated rings. The Hall–Kier alpha value is -1.77. The van der Waals surface area contributed by atoms with Gasteiger partial charge < -0.3 is 10.4 Å². The third-order valence-corrected chi connectivity index (χ3v) is 2.28. The summed E-state index contributed by atoms with van der Waals surface area (Å²) in [6, 6.07) is 9.86. The van der Waals surface area contributed by atoms with E-state index in [9.17, 15) is 4.79 Å². The SMILES string of the molecule is CC(NCc1ccccc1)=C(C)C(=O)O. The van der Waals surface area contributed by atoms with Crippen LogP contribution in [0.2, 0.25) is 0 Å². The molecule has 1 aromatic rings. The molecule has 0 aliphatic rings. The summed E-state index contributed by atoms with van der Waals surface area (Å²) in [7, 11) is 0. The van der Waals surface area contributed by atoms with Crippen molar-refractivity contribution in [1.82, 2.24) is 5.32 Å². The first-order chi connectivity index (χ1) is 7.11. The fraction of sp³-hybridized carbons (Fsp3) is 0.250. The number of benzene rings is 1. The zero-order valence-corrected chi connectivity index (χ0v) is 8.95. The van der Waals surface area contributed by atoms with Crippen LogP contribution in [-0.4, -0.2) is 11.1 Å². The summed E-state index contributed by atoms with van der Waals surface area (Å²) in [5.41, 5.74) is 2.19. The molecule has 0 atom stereocenters. The largest absolute Gasteiger partial charge is 0.478 e. The average molecular weight is 205 g/mol. The molecule has 15 heavy (non-hydrogen) atoms. The Balaban J connectivity index is 2.58. The van der Waals surface area contributed by atoms with E-state index in [1.54, 1.807) is 13.8 Å². The number of carboxylic acid groups (broad SMARTS) is 1. The van der Waals surface area contributed by atoms with Gasteiger partial charge >= 0.3 is 5.97 Å². The van der Waals surface area contributed by atoms with Crippen LogP contribution in [0.1, 0.15) is 19.4 Å². The number of hydrogen-bond donors (Lipinski definition) is 2. The van der Waals surface area contributed by atoms with Crippen LogP contribution in [0.25, 0.3) is 0 Å². The lowest BCUT2D eigenvalue weighted by Crippen LogP contribution is -2.14. The van der Waals surface area contributed by atoms with E-state index in [2.05, 4.69) is 5.32 Å². The molecule has 80 valence electrons. The topological polar surface area (TPSA) is 49.3 Å². The Morgan fingerprint density at radius 3 is 2.40 bits per heavy atom. The number of rotatable bonds is 4. The van der Waals surface area contributed by atoms with Crippen molar-refractivity contribution in [2.75, 3.05) is 0 Å². The molecule has 0 aliphatic heterocycles. The van der Waals surface area contributed by atoms with Crippen molar-refractivity contribution in [3.8, 4) is 0 Å². The van der Waals surface area contributed by atoms with Gasteiger partial charge in [-0.25, -0.2) is 4.79 Å². The van der Waals surface area contributed by atoms with Crippen LogP contribution < -0.4 is 5.32 Å². The second-order valence-corrected chi connectivity index (χ2v) is 3.39. The number of nitrogens with one attached hydrogen (secondary N) is 1. The lowest BCUT2D eigenvalue weighted by molar-refractivity contribution is -0.132. The number of carbonyl (C=O) groups is 1. The van der Waals surface area contributed by atoms with Gasteiger partial charge in [0.1, 0.15) is 0 Å². The van der Waals surface area contributed by atoms with Crippen molar-refractivity contribution in [2.45, 2.75) is 20.4 Å². The highest BCUT2D eigenvalue weighted by molar-refractivity contribution is 5.86. The average Bonchev–Trinajstić information content (AvgIpc) is 2.26. The van der Waals surface area contributed by atoms with Crippen molar-refractivity contribution in [3.63, 3.8) is 0 Å². The number of aliphatic carboxylic acids is 1. The van der Waals surface area contributed by atoms with E-state index in [1.165, 1.54) is 0 Å². The summed E-state index contributed by atoms with van der Waals surface area (Å²) >= 11 is 0. The molecular formula is C12H15NO2. The van der Waals surface area contributed by atoms with Gasteiger partial charge in [-0.15, -0.1) is 0 Å². The Morgan fingerprint density at radius 2 is 1.87 bits per heavy atom. The van der Waals surface area contributed by atoms with Crippen molar-refractivity contribution < 1.29 is 9.90 Å². The summed E-state index contributed by atoms with van der Waals surface area (Å²) in [6.45, 7) is 4.01. The highest BCUT2D eigenvalue weighted by atomic mass is 16.4. The molecule has 0 unspecified atom stereocenters. The Bertz CT molecular complexity index is 368. The Labute approximate surface area is 89.4 Å². The summed E-state index contributed by atoms with van der Waals surface area (Å²) in [5, 5.41) is 11.8. The fourth-order valence-electron chi connectivity index (χ4n) is 1.12. The first-order valence-corrected chi connectivity index (χ1v) is 4.80. The van der Waals surface area contributed by atoms with E-state index >= 15 is 0 Å². The molecule has 0 aliphatic carbocycles. The maximum atomic E-state index is 10.7. The molecule has 0 saturated carbocycles. The quantitative estimate of drug-likeness (QED) is 0.740. The van der Waals surface area contributed by atoms with Crippen LogP contribution in [0.4, 0.5) is 0 Å². The lowest BCUT2D eigenvalue weighted by atomic mass is 10.2. The maximum absolute atomic E-state index is 10.7. The van der Waals surface area contributed by atoms with Crippen LogP contribution in [0.3, 0.4) is 0 Å². The molecule has 3 heteroatoms. The van der Waals surface area contributed by atoms with Gasteiger partial charge in [0.2, 0.25) is 0 Å². The number of allylic oxidation sites excluding steroid dienone is 1. The first kappa shape index (κ1) is 11.3. The summed E-state index contributed by atoms with van der Waals surface area (Å²) < 4.78 is 0. The predicted molar refractivity (Wildman–Crippen MR) is 59.3 cm³/mol. The molecular weight excluding hydrogens is 190 g/mol. The molecule has 1 aromatic carbocycles. The van der Waals surface area contributed by atoms with E-state index in [4.69, 9.17) is 5.11 Å². The Morgan fingerprint density at radius 1 is 1.27 bits per heavy atom.